The maximum absolute atomic E-state index is 13.6. The third-order valence-corrected chi connectivity index (χ3v) is 10.4. The topological polar surface area (TPSA) is 263 Å². The van der Waals surface area contributed by atoms with E-state index < -0.39 is 126 Å². The Morgan fingerprint density at radius 1 is 1.06 bits per heavy atom. The normalized spacial score (nSPS) is 29.7. The van der Waals surface area contributed by atoms with Crippen LogP contribution in [0.15, 0.2) is 6.20 Å². The SMILES string of the molecule is CC(=O)OC[C@H]1CO[C@H](CC(=O)O)[C@@](CC(=O)O)(n2cc(COC(=O)[C@H]3N4C(=O)[C@H](NC(=O)OC(C)(C)C)[C@@H]4C(S)C3(C)C)nn2)[C@@H]1CC(=O)O. The molecule has 3 saturated heterocycles. The van der Waals surface area contributed by atoms with Gasteiger partial charge in [-0.05, 0) is 20.8 Å². The van der Waals surface area contributed by atoms with Crippen LogP contribution in [0.1, 0.15) is 66.5 Å². The van der Waals surface area contributed by atoms with Gasteiger partial charge in [0.2, 0.25) is 5.91 Å². The molecule has 0 bridgehead atoms. The molecule has 282 valence electrons. The predicted octanol–water partition coefficient (Wildman–Crippen LogP) is 0.446. The molecule has 20 heteroatoms. The summed E-state index contributed by atoms with van der Waals surface area (Å²) in [5.74, 6) is -8.22. The lowest BCUT2D eigenvalue weighted by Crippen LogP contribution is -2.72. The number of hydrogen-bond acceptors (Lipinski definition) is 14. The van der Waals surface area contributed by atoms with Gasteiger partial charge in [-0.2, -0.15) is 12.6 Å². The number of aliphatic carboxylic acids is 3. The first-order valence-corrected chi connectivity index (χ1v) is 16.6. The van der Waals surface area contributed by atoms with E-state index in [1.165, 1.54) is 11.1 Å². The van der Waals surface area contributed by atoms with Crippen molar-refractivity contribution in [2.45, 2.75) is 108 Å². The number of β-lactam (4-membered cyclic amide) rings is 1. The largest absolute Gasteiger partial charge is 0.481 e. The molecule has 51 heavy (non-hydrogen) atoms. The Morgan fingerprint density at radius 3 is 2.27 bits per heavy atom. The van der Waals surface area contributed by atoms with Crippen LogP contribution in [-0.4, -0.2) is 125 Å². The van der Waals surface area contributed by atoms with Crippen molar-refractivity contribution in [3.05, 3.63) is 11.9 Å². The highest BCUT2D eigenvalue weighted by Gasteiger charge is 2.68. The van der Waals surface area contributed by atoms with Gasteiger partial charge in [-0.1, -0.05) is 19.1 Å². The number of aromatic nitrogens is 3. The van der Waals surface area contributed by atoms with Crippen LogP contribution in [0.4, 0.5) is 4.79 Å². The number of thiol groups is 1. The number of carboxylic acids is 3. The minimum atomic E-state index is -1.96. The molecule has 3 fully saturated rings. The fourth-order valence-electron chi connectivity index (χ4n) is 7.26. The van der Waals surface area contributed by atoms with E-state index in [0.29, 0.717) is 0 Å². The van der Waals surface area contributed by atoms with Crippen molar-refractivity contribution < 1.29 is 67.8 Å². The molecule has 4 N–H and O–H groups in total. The van der Waals surface area contributed by atoms with Crippen molar-refractivity contribution in [2.75, 3.05) is 13.2 Å². The highest BCUT2D eigenvalue weighted by molar-refractivity contribution is 7.81. The highest BCUT2D eigenvalue weighted by Crippen LogP contribution is 2.50. The first-order valence-electron chi connectivity index (χ1n) is 16.1. The van der Waals surface area contributed by atoms with E-state index in [2.05, 4.69) is 28.3 Å². The second kappa shape index (κ2) is 14.6. The van der Waals surface area contributed by atoms with Gasteiger partial charge < -0.3 is 44.5 Å². The van der Waals surface area contributed by atoms with Gasteiger partial charge in [-0.25, -0.2) is 14.3 Å². The van der Waals surface area contributed by atoms with Crippen LogP contribution < -0.4 is 5.32 Å². The standard InChI is InChI=1S/C31H43N5O14S/c1-14(37)47-11-15-12-48-18(8-20(40)41)31(9-21(42)43,17(15)7-19(38)39)35-10-16(33-34-35)13-49-27(45)24-30(5,6)25(51)23-22(26(44)36(23)24)32-28(46)50-29(2,3)4/h10,15,17-18,22-25,51H,7-9,11-13H2,1-6H3,(H,32,46)(H,38,39)(H,40,41)(H,42,43)/t15-,17+,18+,22+,23+,24+,25?,31-/m0/s1. The number of nitrogens with zero attached hydrogens (tertiary/aromatic N) is 4. The number of esters is 2. The van der Waals surface area contributed by atoms with Crippen molar-refractivity contribution >= 4 is 54.5 Å². The number of nitrogens with one attached hydrogen (secondary N) is 1. The zero-order valence-corrected chi connectivity index (χ0v) is 29.8. The molecule has 0 radical (unpaired) electrons. The summed E-state index contributed by atoms with van der Waals surface area (Å²) in [5, 5.41) is 39.6. The van der Waals surface area contributed by atoms with Gasteiger partial charge in [0, 0.05) is 29.4 Å². The quantitative estimate of drug-likeness (QED) is 0.0795. The van der Waals surface area contributed by atoms with E-state index in [0.717, 1.165) is 11.6 Å². The minimum absolute atomic E-state index is 0.0208. The lowest BCUT2D eigenvalue weighted by molar-refractivity contribution is -0.187. The van der Waals surface area contributed by atoms with E-state index in [1.54, 1.807) is 34.6 Å². The predicted molar refractivity (Wildman–Crippen MR) is 172 cm³/mol. The van der Waals surface area contributed by atoms with Crippen LogP contribution in [0.25, 0.3) is 0 Å². The molecule has 0 saturated carbocycles. The summed E-state index contributed by atoms with van der Waals surface area (Å²) in [6, 6.07) is -2.75. The second-order valence-corrected chi connectivity index (χ2v) is 15.1. The molecule has 2 amide bonds. The Hall–Kier alpha value is -4.46. The molecule has 19 nitrogen and oxygen atoms in total. The molecule has 0 aliphatic carbocycles. The molecule has 4 rings (SSSR count). The molecule has 3 aliphatic heterocycles. The van der Waals surface area contributed by atoms with E-state index in [9.17, 15) is 48.9 Å². The highest BCUT2D eigenvalue weighted by atomic mass is 32.1. The number of fused-ring (bicyclic) bond motifs is 1. The lowest BCUT2D eigenvalue weighted by Gasteiger charge is -2.50. The summed E-state index contributed by atoms with van der Waals surface area (Å²) in [4.78, 5) is 88.5. The van der Waals surface area contributed by atoms with Crippen molar-refractivity contribution in [1.29, 1.82) is 0 Å². The van der Waals surface area contributed by atoms with Gasteiger partial charge in [0.25, 0.3) is 0 Å². The zero-order chi connectivity index (χ0) is 38.2. The van der Waals surface area contributed by atoms with Gasteiger partial charge in [0.15, 0.2) is 0 Å². The minimum Gasteiger partial charge on any atom is -0.481 e. The maximum Gasteiger partial charge on any atom is 0.408 e. The number of rotatable bonds is 13. The average Bonchev–Trinajstić information content (AvgIpc) is 3.54. The molecular formula is C31H43N5O14S. The molecule has 0 aromatic carbocycles. The summed E-state index contributed by atoms with van der Waals surface area (Å²) in [6.07, 6.45) is -3.26. The van der Waals surface area contributed by atoms with Crippen LogP contribution >= 0.6 is 12.6 Å². The lowest BCUT2D eigenvalue weighted by atomic mass is 9.66. The number of amides is 2. The Morgan fingerprint density at radius 2 is 1.71 bits per heavy atom. The number of carbonyl (C=O) groups is 7. The summed E-state index contributed by atoms with van der Waals surface area (Å²) in [6.45, 7) is 8.49. The summed E-state index contributed by atoms with van der Waals surface area (Å²) in [7, 11) is 0. The van der Waals surface area contributed by atoms with Gasteiger partial charge in [-0.3, -0.25) is 24.0 Å². The van der Waals surface area contributed by atoms with Crippen molar-refractivity contribution in [3.63, 3.8) is 0 Å². The van der Waals surface area contributed by atoms with Crippen LogP contribution in [0.2, 0.25) is 0 Å². The van der Waals surface area contributed by atoms with E-state index >= 15 is 0 Å². The van der Waals surface area contributed by atoms with Gasteiger partial charge in [-0.15, -0.1) is 5.10 Å². The van der Waals surface area contributed by atoms with Crippen molar-refractivity contribution in [1.82, 2.24) is 25.2 Å². The molecule has 1 aromatic rings. The Bertz CT molecular complexity index is 1580. The van der Waals surface area contributed by atoms with E-state index in [4.69, 9.17) is 18.9 Å². The molecule has 3 aliphatic rings. The van der Waals surface area contributed by atoms with E-state index in [-0.39, 0.29) is 18.9 Å². The second-order valence-electron chi connectivity index (χ2n) is 14.5. The van der Waals surface area contributed by atoms with Crippen molar-refractivity contribution in [2.24, 2.45) is 17.3 Å². The maximum atomic E-state index is 13.6. The van der Waals surface area contributed by atoms with Gasteiger partial charge in [0.05, 0.1) is 50.8 Å². The Labute approximate surface area is 297 Å². The first-order chi connectivity index (χ1) is 23.6. The monoisotopic (exact) mass is 741 g/mol. The molecule has 0 spiro atoms. The fraction of sp³-hybridized carbons (Fsp3) is 0.710. The van der Waals surface area contributed by atoms with Gasteiger partial charge >= 0.3 is 35.9 Å². The number of alkyl carbamates (subject to hydrolysis) is 1. The van der Waals surface area contributed by atoms with Crippen LogP contribution in [0.5, 0.6) is 0 Å². The molecule has 8 atom stereocenters. The fourth-order valence-corrected chi connectivity index (χ4v) is 7.72. The molecular weight excluding hydrogens is 698 g/mol. The summed E-state index contributed by atoms with van der Waals surface area (Å²) >= 11 is 4.68. The third-order valence-electron chi connectivity index (χ3n) is 9.45. The zero-order valence-electron chi connectivity index (χ0n) is 28.9. The molecule has 1 aromatic heterocycles. The van der Waals surface area contributed by atoms with Crippen molar-refractivity contribution in [3.8, 4) is 0 Å². The summed E-state index contributed by atoms with van der Waals surface area (Å²) in [5.41, 5.74) is -3.72. The van der Waals surface area contributed by atoms with Crippen LogP contribution in [0.3, 0.4) is 0 Å². The van der Waals surface area contributed by atoms with Crippen LogP contribution in [0, 0.1) is 17.3 Å². The number of ether oxygens (including phenoxy) is 4. The Kier molecular flexibility index (Phi) is 11.3. The van der Waals surface area contributed by atoms with E-state index in [1.807, 2.05) is 0 Å². The Balaban J connectivity index is 1.60. The average molecular weight is 742 g/mol. The molecule has 4 heterocycles. The van der Waals surface area contributed by atoms with Crippen LogP contribution in [-0.2, 0) is 59.9 Å². The molecule has 1 unspecified atom stereocenters. The number of carboxylic acid groups (broad SMARTS) is 3. The third kappa shape index (κ3) is 8.05. The number of carbonyl (C=O) groups excluding carboxylic acids is 4. The smallest absolute Gasteiger partial charge is 0.408 e. The summed E-state index contributed by atoms with van der Waals surface area (Å²) < 4.78 is 22.8. The first kappa shape index (κ1) is 39.3. The number of hydrogen-bond donors (Lipinski definition) is 5. The van der Waals surface area contributed by atoms with Gasteiger partial charge in [0.1, 0.15) is 35.5 Å².